The maximum atomic E-state index is 14.2. The summed E-state index contributed by atoms with van der Waals surface area (Å²) in [5.41, 5.74) is 1.98. The monoisotopic (exact) mass is 474 g/mol. The minimum Gasteiger partial charge on any atom is -0.481 e. The SMILES string of the molecule is CCOC[C@H](C[C@@H](Cc1ccc(-c2cc(Cl)ccc2F)cc1)NC(=O)c1cocn1)C(=O)O. The summed E-state index contributed by atoms with van der Waals surface area (Å²) >= 11 is 5.99. The number of benzene rings is 2. The summed E-state index contributed by atoms with van der Waals surface area (Å²) in [6.07, 6.45) is 2.88. The average Bonchev–Trinajstić information content (AvgIpc) is 3.34. The third-order valence-electron chi connectivity index (χ3n) is 5.12. The standard InChI is InChI=1S/C24H24ClFN2O5/c1-2-32-12-17(24(30)31)10-19(28-23(29)22-13-33-14-27-22)9-15-3-5-16(6-4-15)20-11-18(25)7-8-21(20)26/h3-8,11,13-14,17,19H,2,9-10,12H2,1H3,(H,28,29)(H,30,31)/t17-,19+/m0/s1. The molecular weight excluding hydrogens is 451 g/mol. The minimum absolute atomic E-state index is 0.0369. The Bertz CT molecular complexity index is 1070. The van der Waals surface area contributed by atoms with Crippen molar-refractivity contribution in [3.8, 4) is 11.1 Å². The normalized spacial score (nSPS) is 12.8. The van der Waals surface area contributed by atoms with Crippen LogP contribution in [0.3, 0.4) is 0 Å². The zero-order valence-corrected chi connectivity index (χ0v) is 18.7. The van der Waals surface area contributed by atoms with Crippen molar-refractivity contribution in [1.29, 1.82) is 0 Å². The Labute approximate surface area is 195 Å². The summed E-state index contributed by atoms with van der Waals surface area (Å²) in [4.78, 5) is 28.1. The quantitative estimate of drug-likeness (QED) is 0.421. The zero-order valence-electron chi connectivity index (χ0n) is 18.0. The van der Waals surface area contributed by atoms with E-state index in [9.17, 15) is 19.1 Å². The van der Waals surface area contributed by atoms with E-state index in [2.05, 4.69) is 10.3 Å². The first-order chi connectivity index (χ1) is 15.9. The molecule has 7 nitrogen and oxygen atoms in total. The van der Waals surface area contributed by atoms with E-state index in [1.807, 2.05) is 12.1 Å². The Hall–Kier alpha value is -3.23. The molecule has 0 aliphatic carbocycles. The fourth-order valence-corrected chi connectivity index (χ4v) is 3.62. The maximum Gasteiger partial charge on any atom is 0.308 e. The van der Waals surface area contributed by atoms with Gasteiger partial charge in [0.25, 0.3) is 5.91 Å². The number of oxazole rings is 1. The fraction of sp³-hybridized carbons (Fsp3) is 0.292. The second-order valence-corrected chi connectivity index (χ2v) is 7.94. The molecule has 0 fully saturated rings. The molecule has 0 spiro atoms. The molecule has 0 saturated carbocycles. The Morgan fingerprint density at radius 3 is 2.64 bits per heavy atom. The molecule has 33 heavy (non-hydrogen) atoms. The van der Waals surface area contributed by atoms with E-state index in [1.165, 1.54) is 18.4 Å². The van der Waals surface area contributed by atoms with Crippen molar-refractivity contribution in [2.75, 3.05) is 13.2 Å². The smallest absolute Gasteiger partial charge is 0.308 e. The molecule has 174 valence electrons. The molecule has 2 atom stereocenters. The van der Waals surface area contributed by atoms with Crippen molar-refractivity contribution in [3.05, 3.63) is 77.2 Å². The van der Waals surface area contributed by atoms with Gasteiger partial charge in [-0.1, -0.05) is 35.9 Å². The largest absolute Gasteiger partial charge is 0.481 e. The predicted molar refractivity (Wildman–Crippen MR) is 121 cm³/mol. The number of carboxylic acid groups (broad SMARTS) is 1. The summed E-state index contributed by atoms with van der Waals surface area (Å²) in [5.74, 6) is -2.65. The molecule has 0 unspecified atom stereocenters. The van der Waals surface area contributed by atoms with Gasteiger partial charge < -0.3 is 19.6 Å². The van der Waals surface area contributed by atoms with Gasteiger partial charge >= 0.3 is 5.97 Å². The van der Waals surface area contributed by atoms with Gasteiger partial charge in [0.2, 0.25) is 0 Å². The summed E-state index contributed by atoms with van der Waals surface area (Å²) in [7, 11) is 0. The van der Waals surface area contributed by atoms with Gasteiger partial charge in [0.1, 0.15) is 12.1 Å². The molecule has 1 heterocycles. The van der Waals surface area contributed by atoms with Crippen LogP contribution in [0.2, 0.25) is 5.02 Å². The molecule has 0 aliphatic rings. The van der Waals surface area contributed by atoms with Crippen LogP contribution >= 0.6 is 11.6 Å². The molecule has 1 amide bonds. The number of aromatic nitrogens is 1. The minimum atomic E-state index is -1.00. The number of amides is 1. The number of carbonyl (C=O) groups is 2. The first kappa shape index (κ1) is 24.4. The van der Waals surface area contributed by atoms with Crippen LogP contribution in [0, 0.1) is 11.7 Å². The Kier molecular flexibility index (Phi) is 8.57. The molecule has 2 aromatic carbocycles. The average molecular weight is 475 g/mol. The maximum absolute atomic E-state index is 14.2. The highest BCUT2D eigenvalue weighted by Gasteiger charge is 2.25. The number of hydrogen-bond acceptors (Lipinski definition) is 5. The zero-order chi connectivity index (χ0) is 23.8. The number of carboxylic acids is 1. The van der Waals surface area contributed by atoms with Crippen molar-refractivity contribution < 1.29 is 28.2 Å². The van der Waals surface area contributed by atoms with Gasteiger partial charge in [-0.05, 0) is 49.1 Å². The van der Waals surface area contributed by atoms with E-state index in [0.717, 1.165) is 12.0 Å². The molecule has 0 aliphatic heterocycles. The van der Waals surface area contributed by atoms with Gasteiger partial charge in [0, 0.05) is 23.2 Å². The van der Waals surface area contributed by atoms with Gasteiger partial charge in [-0.2, -0.15) is 0 Å². The van der Waals surface area contributed by atoms with E-state index < -0.39 is 23.8 Å². The first-order valence-corrected chi connectivity index (χ1v) is 10.8. The highest BCUT2D eigenvalue weighted by atomic mass is 35.5. The molecule has 2 N–H and O–H groups in total. The van der Waals surface area contributed by atoms with E-state index in [0.29, 0.717) is 29.2 Å². The lowest BCUT2D eigenvalue weighted by molar-refractivity contribution is -0.144. The van der Waals surface area contributed by atoms with Crippen LogP contribution in [-0.4, -0.2) is 41.2 Å². The third-order valence-corrected chi connectivity index (χ3v) is 5.35. The molecule has 9 heteroatoms. The van der Waals surface area contributed by atoms with Crippen molar-refractivity contribution >= 4 is 23.5 Å². The van der Waals surface area contributed by atoms with Gasteiger partial charge in [0.05, 0.1) is 12.5 Å². The lowest BCUT2D eigenvalue weighted by Crippen LogP contribution is -2.40. The number of rotatable bonds is 11. The van der Waals surface area contributed by atoms with Gasteiger partial charge in [-0.3, -0.25) is 9.59 Å². The number of ether oxygens (including phenoxy) is 1. The lowest BCUT2D eigenvalue weighted by Gasteiger charge is -2.22. The highest BCUT2D eigenvalue weighted by molar-refractivity contribution is 6.30. The molecule has 3 aromatic rings. The Morgan fingerprint density at radius 2 is 2.00 bits per heavy atom. The van der Waals surface area contributed by atoms with Crippen LogP contribution in [0.4, 0.5) is 4.39 Å². The van der Waals surface area contributed by atoms with E-state index >= 15 is 0 Å². The third kappa shape index (κ3) is 6.87. The van der Waals surface area contributed by atoms with E-state index in [4.69, 9.17) is 20.8 Å². The van der Waals surface area contributed by atoms with Crippen LogP contribution in [0.25, 0.3) is 11.1 Å². The Balaban J connectivity index is 1.78. The summed E-state index contributed by atoms with van der Waals surface area (Å²) in [6.45, 7) is 2.21. The summed E-state index contributed by atoms with van der Waals surface area (Å²) in [6, 6.07) is 11.0. The summed E-state index contributed by atoms with van der Waals surface area (Å²) in [5, 5.41) is 12.8. The van der Waals surface area contributed by atoms with Crippen molar-refractivity contribution in [1.82, 2.24) is 10.3 Å². The van der Waals surface area contributed by atoms with E-state index in [-0.39, 0.29) is 24.5 Å². The second-order valence-electron chi connectivity index (χ2n) is 7.50. The van der Waals surface area contributed by atoms with Crippen LogP contribution in [-0.2, 0) is 16.0 Å². The number of hydrogen-bond donors (Lipinski definition) is 2. The lowest BCUT2D eigenvalue weighted by atomic mass is 9.94. The van der Waals surface area contributed by atoms with Gasteiger partial charge in [0.15, 0.2) is 12.1 Å². The number of nitrogens with zero attached hydrogens (tertiary/aromatic N) is 1. The number of halogens is 2. The predicted octanol–water partition coefficient (Wildman–Crippen LogP) is 4.60. The molecular formula is C24H24ClFN2O5. The van der Waals surface area contributed by atoms with E-state index in [1.54, 1.807) is 25.1 Å². The molecule has 0 bridgehead atoms. The fourth-order valence-electron chi connectivity index (χ4n) is 3.44. The summed E-state index contributed by atoms with van der Waals surface area (Å²) < 4.78 is 24.3. The number of aliphatic carboxylic acids is 1. The molecule has 0 radical (unpaired) electrons. The van der Waals surface area contributed by atoms with Crippen LogP contribution in [0.15, 0.2) is 59.5 Å². The second kappa shape index (κ2) is 11.6. The van der Waals surface area contributed by atoms with Crippen LogP contribution < -0.4 is 5.32 Å². The van der Waals surface area contributed by atoms with Crippen molar-refractivity contribution in [2.24, 2.45) is 5.92 Å². The topological polar surface area (TPSA) is 102 Å². The van der Waals surface area contributed by atoms with Crippen LogP contribution in [0.5, 0.6) is 0 Å². The molecule has 3 rings (SSSR count). The number of nitrogens with one attached hydrogen (secondary N) is 1. The first-order valence-electron chi connectivity index (χ1n) is 10.4. The molecule has 1 aromatic heterocycles. The highest BCUT2D eigenvalue weighted by Crippen LogP contribution is 2.27. The van der Waals surface area contributed by atoms with Gasteiger partial charge in [-0.15, -0.1) is 0 Å². The van der Waals surface area contributed by atoms with Gasteiger partial charge in [-0.25, -0.2) is 9.37 Å². The molecule has 0 saturated heterocycles. The number of carbonyl (C=O) groups excluding carboxylic acids is 1. The Morgan fingerprint density at radius 1 is 1.24 bits per heavy atom. The van der Waals surface area contributed by atoms with Crippen molar-refractivity contribution in [2.45, 2.75) is 25.8 Å². The van der Waals surface area contributed by atoms with Crippen LogP contribution in [0.1, 0.15) is 29.4 Å². The van der Waals surface area contributed by atoms with Crippen molar-refractivity contribution in [3.63, 3.8) is 0 Å².